The van der Waals surface area contributed by atoms with Crippen LogP contribution in [0.4, 0.5) is 5.13 Å². The normalized spacial score (nSPS) is 21.0. The Morgan fingerprint density at radius 1 is 1.41 bits per heavy atom. The SMILES string of the molecule is N#CN1CC[C@@H](C(=O)Nc2nc3ccc(C4CC4)cc3s2)C1. The van der Waals surface area contributed by atoms with E-state index in [0.29, 0.717) is 18.2 Å². The van der Waals surface area contributed by atoms with Crippen molar-refractivity contribution in [2.45, 2.75) is 25.2 Å². The maximum atomic E-state index is 12.3. The molecular formula is C16H16N4OS. The fourth-order valence-electron chi connectivity index (χ4n) is 2.94. The van der Waals surface area contributed by atoms with Gasteiger partial charge in [0.05, 0.1) is 16.1 Å². The van der Waals surface area contributed by atoms with Crippen LogP contribution < -0.4 is 5.32 Å². The molecule has 2 aromatic rings. The van der Waals surface area contributed by atoms with Gasteiger partial charge < -0.3 is 10.2 Å². The number of hydrogen-bond acceptors (Lipinski definition) is 5. The van der Waals surface area contributed by atoms with Crippen molar-refractivity contribution in [1.82, 2.24) is 9.88 Å². The lowest BCUT2D eigenvalue weighted by atomic mass is 10.1. The van der Waals surface area contributed by atoms with Crippen LogP contribution in [0.25, 0.3) is 10.2 Å². The van der Waals surface area contributed by atoms with E-state index in [-0.39, 0.29) is 11.8 Å². The Hall–Kier alpha value is -2.13. The van der Waals surface area contributed by atoms with Gasteiger partial charge >= 0.3 is 0 Å². The number of fused-ring (bicyclic) bond motifs is 1. The van der Waals surface area contributed by atoms with Crippen LogP contribution in [0, 0.1) is 17.4 Å². The zero-order chi connectivity index (χ0) is 15.1. The van der Waals surface area contributed by atoms with Gasteiger partial charge in [0.15, 0.2) is 11.3 Å². The number of nitrogens with zero attached hydrogens (tertiary/aromatic N) is 3. The number of thiazole rings is 1. The van der Waals surface area contributed by atoms with Crippen LogP contribution in [-0.2, 0) is 4.79 Å². The summed E-state index contributed by atoms with van der Waals surface area (Å²) in [5.41, 5.74) is 2.32. The molecule has 1 atom stereocenters. The summed E-state index contributed by atoms with van der Waals surface area (Å²) >= 11 is 1.53. The van der Waals surface area contributed by atoms with Crippen molar-refractivity contribution in [3.8, 4) is 6.19 Å². The number of likely N-dealkylation sites (tertiary alicyclic amines) is 1. The summed E-state index contributed by atoms with van der Waals surface area (Å²) in [7, 11) is 0. The number of carbonyl (C=O) groups is 1. The Morgan fingerprint density at radius 3 is 3.00 bits per heavy atom. The monoisotopic (exact) mass is 312 g/mol. The van der Waals surface area contributed by atoms with E-state index in [1.165, 1.54) is 29.7 Å². The molecule has 0 unspecified atom stereocenters. The van der Waals surface area contributed by atoms with Crippen molar-refractivity contribution in [3.63, 3.8) is 0 Å². The third-order valence-corrected chi connectivity index (χ3v) is 5.33. The number of nitriles is 1. The van der Waals surface area contributed by atoms with Crippen molar-refractivity contribution in [2.75, 3.05) is 18.4 Å². The molecule has 1 saturated carbocycles. The van der Waals surface area contributed by atoms with Gasteiger partial charge in [-0.2, -0.15) is 5.26 Å². The molecule has 0 spiro atoms. The highest BCUT2D eigenvalue weighted by molar-refractivity contribution is 7.22. The van der Waals surface area contributed by atoms with Gasteiger partial charge in [-0.1, -0.05) is 17.4 Å². The third kappa shape index (κ3) is 2.53. The van der Waals surface area contributed by atoms with Crippen LogP contribution in [0.1, 0.15) is 30.7 Å². The van der Waals surface area contributed by atoms with Crippen LogP contribution in [0.15, 0.2) is 18.2 Å². The molecule has 1 aromatic heterocycles. The largest absolute Gasteiger partial charge is 0.310 e. The Kier molecular flexibility index (Phi) is 3.23. The number of benzene rings is 1. The van der Waals surface area contributed by atoms with Crippen molar-refractivity contribution in [1.29, 1.82) is 5.26 Å². The zero-order valence-corrected chi connectivity index (χ0v) is 12.9. The van der Waals surface area contributed by atoms with E-state index in [1.807, 2.05) is 6.07 Å². The first-order chi connectivity index (χ1) is 10.7. The Balaban J connectivity index is 1.49. The van der Waals surface area contributed by atoms with Gasteiger partial charge in [0.2, 0.25) is 5.91 Å². The molecule has 112 valence electrons. The molecule has 1 aliphatic carbocycles. The van der Waals surface area contributed by atoms with Gasteiger partial charge in [-0.05, 0) is 42.9 Å². The molecule has 0 radical (unpaired) electrons. The molecule has 1 aromatic carbocycles. The van der Waals surface area contributed by atoms with Crippen LogP contribution >= 0.6 is 11.3 Å². The first kappa shape index (κ1) is 13.5. The van der Waals surface area contributed by atoms with Gasteiger partial charge in [-0.15, -0.1) is 0 Å². The zero-order valence-electron chi connectivity index (χ0n) is 12.1. The molecule has 22 heavy (non-hydrogen) atoms. The molecule has 0 bridgehead atoms. The van der Waals surface area contributed by atoms with Gasteiger partial charge in [-0.25, -0.2) is 4.98 Å². The minimum atomic E-state index is -0.117. The van der Waals surface area contributed by atoms with Crippen molar-refractivity contribution >= 4 is 32.6 Å². The van der Waals surface area contributed by atoms with E-state index in [9.17, 15) is 4.79 Å². The number of aromatic nitrogens is 1. The first-order valence-electron chi connectivity index (χ1n) is 7.59. The lowest BCUT2D eigenvalue weighted by Gasteiger charge is -2.08. The van der Waals surface area contributed by atoms with Gasteiger partial charge in [-0.3, -0.25) is 4.79 Å². The predicted octanol–water partition coefficient (Wildman–Crippen LogP) is 2.92. The van der Waals surface area contributed by atoms with Crippen LogP contribution in [0.5, 0.6) is 0 Å². The summed E-state index contributed by atoms with van der Waals surface area (Å²) in [4.78, 5) is 18.4. The molecule has 1 amide bonds. The second-order valence-electron chi connectivity index (χ2n) is 6.04. The van der Waals surface area contributed by atoms with Crippen LogP contribution in [0.2, 0.25) is 0 Å². The Labute approximate surface area is 132 Å². The second-order valence-corrected chi connectivity index (χ2v) is 7.07. The topological polar surface area (TPSA) is 69.0 Å². The minimum Gasteiger partial charge on any atom is -0.310 e. The molecule has 2 fully saturated rings. The van der Waals surface area contributed by atoms with E-state index in [4.69, 9.17) is 5.26 Å². The quantitative estimate of drug-likeness (QED) is 0.885. The molecular weight excluding hydrogens is 296 g/mol. The highest BCUT2D eigenvalue weighted by Crippen LogP contribution is 2.41. The molecule has 1 saturated heterocycles. The lowest BCUT2D eigenvalue weighted by molar-refractivity contribution is -0.119. The average molecular weight is 312 g/mol. The number of hydrogen-bond donors (Lipinski definition) is 1. The average Bonchev–Trinajstić information content (AvgIpc) is 3.12. The summed E-state index contributed by atoms with van der Waals surface area (Å²) in [6.07, 6.45) is 5.39. The summed E-state index contributed by atoms with van der Waals surface area (Å²) in [5, 5.41) is 12.4. The fourth-order valence-corrected chi connectivity index (χ4v) is 3.86. The maximum Gasteiger partial charge on any atom is 0.231 e. The highest BCUT2D eigenvalue weighted by Gasteiger charge is 2.28. The summed E-state index contributed by atoms with van der Waals surface area (Å²) in [5.74, 6) is 0.577. The lowest BCUT2D eigenvalue weighted by Crippen LogP contribution is -2.25. The Morgan fingerprint density at radius 2 is 2.27 bits per heavy atom. The summed E-state index contributed by atoms with van der Waals surface area (Å²) in [6, 6.07) is 6.39. The number of nitrogens with one attached hydrogen (secondary N) is 1. The standard InChI is InChI=1S/C16H16N4OS/c17-9-20-6-5-12(8-20)15(21)19-16-18-13-4-3-11(10-1-2-10)7-14(13)22-16/h3-4,7,10,12H,1-2,5-6,8H2,(H,18,19,21)/t12-/m1/s1. The second kappa shape index (κ2) is 5.25. The maximum absolute atomic E-state index is 12.3. The first-order valence-corrected chi connectivity index (χ1v) is 8.40. The molecule has 6 heteroatoms. The molecule has 5 nitrogen and oxygen atoms in total. The highest BCUT2D eigenvalue weighted by atomic mass is 32.1. The van der Waals surface area contributed by atoms with Gasteiger partial charge in [0.25, 0.3) is 0 Å². The molecule has 2 aliphatic rings. The smallest absolute Gasteiger partial charge is 0.231 e. The Bertz CT molecular complexity index is 774. The van der Waals surface area contributed by atoms with E-state index >= 15 is 0 Å². The van der Waals surface area contributed by atoms with E-state index in [1.54, 1.807) is 4.90 Å². The third-order valence-electron chi connectivity index (χ3n) is 4.39. The van der Waals surface area contributed by atoms with Crippen molar-refractivity contribution < 1.29 is 4.79 Å². The summed E-state index contributed by atoms with van der Waals surface area (Å²) < 4.78 is 1.13. The summed E-state index contributed by atoms with van der Waals surface area (Å²) in [6.45, 7) is 1.18. The molecule has 4 rings (SSSR count). The molecule has 1 N–H and O–H groups in total. The van der Waals surface area contributed by atoms with Gasteiger partial charge in [0, 0.05) is 13.1 Å². The van der Waals surface area contributed by atoms with Gasteiger partial charge in [0.1, 0.15) is 0 Å². The molecule has 2 heterocycles. The number of carbonyl (C=O) groups excluding carboxylic acids is 1. The number of rotatable bonds is 3. The number of amides is 1. The fraction of sp³-hybridized carbons (Fsp3) is 0.438. The van der Waals surface area contributed by atoms with Crippen molar-refractivity contribution in [2.24, 2.45) is 5.92 Å². The van der Waals surface area contributed by atoms with E-state index < -0.39 is 0 Å². The number of anilines is 1. The van der Waals surface area contributed by atoms with Crippen LogP contribution in [-0.4, -0.2) is 28.9 Å². The van der Waals surface area contributed by atoms with E-state index in [0.717, 1.165) is 22.6 Å². The minimum absolute atomic E-state index is 0.0285. The predicted molar refractivity (Wildman–Crippen MR) is 85.5 cm³/mol. The van der Waals surface area contributed by atoms with E-state index in [2.05, 4.69) is 28.6 Å². The molecule has 1 aliphatic heterocycles. The van der Waals surface area contributed by atoms with Crippen molar-refractivity contribution in [3.05, 3.63) is 23.8 Å². The van der Waals surface area contributed by atoms with Crippen LogP contribution in [0.3, 0.4) is 0 Å².